The summed E-state index contributed by atoms with van der Waals surface area (Å²) >= 11 is 0. The molecule has 0 atom stereocenters. The van der Waals surface area contributed by atoms with Gasteiger partial charge in [-0.15, -0.1) is 0 Å². The molecule has 1 aromatic rings. The van der Waals surface area contributed by atoms with Gasteiger partial charge in [-0.1, -0.05) is 0 Å². The topological polar surface area (TPSA) is 31.4 Å². The summed E-state index contributed by atoms with van der Waals surface area (Å²) in [5.41, 5.74) is 2.39. The second-order valence-corrected chi connectivity index (χ2v) is 5.24. The van der Waals surface area contributed by atoms with Crippen LogP contribution in [0.4, 0.5) is 5.82 Å². The number of nitrogens with one attached hydrogen (secondary N) is 1. The summed E-state index contributed by atoms with van der Waals surface area (Å²) in [5.74, 6) is 1.10. The number of aromatic nitrogens is 1. The van der Waals surface area contributed by atoms with E-state index >= 15 is 0 Å². The minimum absolute atomic E-state index is 0.894. The molecule has 4 nitrogen and oxygen atoms in total. The van der Waals surface area contributed by atoms with Crippen LogP contribution in [0.2, 0.25) is 0 Å². The van der Waals surface area contributed by atoms with Crippen LogP contribution in [0.3, 0.4) is 0 Å². The Bertz CT molecular complexity index is 376. The number of anilines is 1. The minimum Gasteiger partial charge on any atom is -0.357 e. The Morgan fingerprint density at radius 1 is 1.21 bits per heavy atom. The zero-order valence-corrected chi connectivity index (χ0v) is 13.0. The summed E-state index contributed by atoms with van der Waals surface area (Å²) in [6.07, 6.45) is 1.16. The highest BCUT2D eigenvalue weighted by Gasteiger charge is 2.08. The van der Waals surface area contributed by atoms with Crippen molar-refractivity contribution in [1.29, 1.82) is 0 Å². The lowest BCUT2D eigenvalue weighted by Gasteiger charge is -2.24. The average Bonchev–Trinajstić information content (AvgIpc) is 2.34. The predicted octanol–water partition coefficient (Wildman–Crippen LogP) is 1.89. The molecule has 19 heavy (non-hydrogen) atoms. The van der Waals surface area contributed by atoms with Gasteiger partial charge in [0.1, 0.15) is 5.82 Å². The molecule has 0 spiro atoms. The second-order valence-electron chi connectivity index (χ2n) is 5.24. The van der Waals surface area contributed by atoms with Crippen molar-refractivity contribution < 1.29 is 0 Å². The van der Waals surface area contributed by atoms with E-state index in [4.69, 9.17) is 0 Å². The number of aryl methyl sites for hydroxylation is 1. The summed E-state index contributed by atoms with van der Waals surface area (Å²) in [4.78, 5) is 9.25. The van der Waals surface area contributed by atoms with Crippen molar-refractivity contribution >= 4 is 5.82 Å². The normalized spacial score (nSPS) is 11.1. The second kappa shape index (κ2) is 8.12. The molecule has 4 heteroatoms. The van der Waals surface area contributed by atoms with Crippen molar-refractivity contribution in [2.75, 3.05) is 45.7 Å². The highest BCUT2D eigenvalue weighted by molar-refractivity contribution is 5.42. The largest absolute Gasteiger partial charge is 0.357 e. The molecule has 0 aliphatic heterocycles. The van der Waals surface area contributed by atoms with Crippen molar-refractivity contribution in [3.63, 3.8) is 0 Å². The van der Waals surface area contributed by atoms with E-state index in [0.29, 0.717) is 0 Å². The van der Waals surface area contributed by atoms with E-state index in [1.165, 1.54) is 5.56 Å². The SMILES string of the molecule is CCN(CCCN(C)C)c1cc(CNC)cc(C)n1. The van der Waals surface area contributed by atoms with Crippen molar-refractivity contribution in [2.45, 2.75) is 26.8 Å². The molecule has 1 rings (SSSR count). The molecule has 0 saturated carbocycles. The van der Waals surface area contributed by atoms with Crippen molar-refractivity contribution in [2.24, 2.45) is 0 Å². The van der Waals surface area contributed by atoms with E-state index in [9.17, 15) is 0 Å². The maximum absolute atomic E-state index is 4.67. The summed E-state index contributed by atoms with van der Waals surface area (Å²) in [6, 6.07) is 4.34. The maximum atomic E-state index is 4.67. The Morgan fingerprint density at radius 2 is 1.95 bits per heavy atom. The molecular formula is C15H28N4. The quantitative estimate of drug-likeness (QED) is 0.777. The van der Waals surface area contributed by atoms with Gasteiger partial charge in [0, 0.05) is 25.3 Å². The molecule has 1 N–H and O–H groups in total. The smallest absolute Gasteiger partial charge is 0.129 e. The molecule has 1 heterocycles. The monoisotopic (exact) mass is 264 g/mol. The fourth-order valence-electron chi connectivity index (χ4n) is 2.20. The van der Waals surface area contributed by atoms with E-state index in [0.717, 1.165) is 44.1 Å². The summed E-state index contributed by atoms with van der Waals surface area (Å²) in [6.45, 7) is 8.33. The zero-order chi connectivity index (χ0) is 14.3. The lowest BCUT2D eigenvalue weighted by Crippen LogP contribution is -2.28. The number of hydrogen-bond donors (Lipinski definition) is 1. The lowest BCUT2D eigenvalue weighted by molar-refractivity contribution is 0.400. The van der Waals surface area contributed by atoms with Crippen LogP contribution in [-0.4, -0.2) is 50.7 Å². The van der Waals surface area contributed by atoms with E-state index < -0.39 is 0 Å². The first-order valence-corrected chi connectivity index (χ1v) is 7.08. The van der Waals surface area contributed by atoms with Gasteiger partial charge in [0.15, 0.2) is 0 Å². The molecule has 0 aliphatic rings. The van der Waals surface area contributed by atoms with E-state index in [1.807, 2.05) is 7.05 Å². The highest BCUT2D eigenvalue weighted by atomic mass is 15.2. The third kappa shape index (κ3) is 5.57. The Balaban J connectivity index is 2.73. The Labute approximate surface area is 117 Å². The molecule has 0 radical (unpaired) electrons. The van der Waals surface area contributed by atoms with Gasteiger partial charge < -0.3 is 15.1 Å². The van der Waals surface area contributed by atoms with Gasteiger partial charge >= 0.3 is 0 Å². The van der Waals surface area contributed by atoms with Crippen LogP contribution in [0, 0.1) is 6.92 Å². The maximum Gasteiger partial charge on any atom is 0.129 e. The van der Waals surface area contributed by atoms with E-state index in [1.54, 1.807) is 0 Å². The molecule has 108 valence electrons. The first-order valence-electron chi connectivity index (χ1n) is 7.08. The molecular weight excluding hydrogens is 236 g/mol. The van der Waals surface area contributed by atoms with Crippen LogP contribution in [0.15, 0.2) is 12.1 Å². The van der Waals surface area contributed by atoms with Gasteiger partial charge in [-0.2, -0.15) is 0 Å². The standard InChI is InChI=1S/C15H28N4/c1-6-19(9-7-8-18(4)5)15-11-14(12-16-3)10-13(2)17-15/h10-11,16H,6-9,12H2,1-5H3. The van der Waals surface area contributed by atoms with Gasteiger partial charge in [-0.25, -0.2) is 4.98 Å². The van der Waals surface area contributed by atoms with Gasteiger partial charge in [0.25, 0.3) is 0 Å². The number of hydrogen-bond acceptors (Lipinski definition) is 4. The highest BCUT2D eigenvalue weighted by Crippen LogP contribution is 2.15. The predicted molar refractivity (Wildman–Crippen MR) is 82.8 cm³/mol. The number of nitrogens with zero attached hydrogens (tertiary/aromatic N) is 3. The Hall–Kier alpha value is -1.13. The van der Waals surface area contributed by atoms with Crippen molar-refractivity contribution in [1.82, 2.24) is 15.2 Å². The van der Waals surface area contributed by atoms with Crippen LogP contribution < -0.4 is 10.2 Å². The zero-order valence-electron chi connectivity index (χ0n) is 13.0. The third-order valence-electron chi connectivity index (χ3n) is 3.12. The minimum atomic E-state index is 0.894. The van der Waals surface area contributed by atoms with E-state index in [2.05, 4.69) is 60.2 Å². The molecule has 0 bridgehead atoms. The van der Waals surface area contributed by atoms with Crippen molar-refractivity contribution in [3.05, 3.63) is 23.4 Å². The van der Waals surface area contributed by atoms with Gasteiger partial charge in [-0.05, 0) is 65.7 Å². The molecule has 1 aromatic heterocycles. The van der Waals surface area contributed by atoms with Gasteiger partial charge in [-0.3, -0.25) is 0 Å². The molecule has 0 fully saturated rings. The lowest BCUT2D eigenvalue weighted by atomic mass is 10.2. The molecule has 0 saturated heterocycles. The van der Waals surface area contributed by atoms with Crippen LogP contribution in [0.25, 0.3) is 0 Å². The summed E-state index contributed by atoms with van der Waals surface area (Å²) in [5, 5.41) is 3.20. The summed E-state index contributed by atoms with van der Waals surface area (Å²) < 4.78 is 0. The summed E-state index contributed by atoms with van der Waals surface area (Å²) in [7, 11) is 6.21. The van der Waals surface area contributed by atoms with Crippen LogP contribution >= 0.6 is 0 Å². The fraction of sp³-hybridized carbons (Fsp3) is 0.667. The molecule has 0 aliphatic carbocycles. The fourth-order valence-corrected chi connectivity index (χ4v) is 2.20. The van der Waals surface area contributed by atoms with Crippen LogP contribution in [-0.2, 0) is 6.54 Å². The molecule has 0 amide bonds. The first kappa shape index (κ1) is 15.9. The van der Waals surface area contributed by atoms with Crippen LogP contribution in [0.5, 0.6) is 0 Å². The Kier molecular flexibility index (Phi) is 6.81. The van der Waals surface area contributed by atoms with Crippen molar-refractivity contribution in [3.8, 4) is 0 Å². The Morgan fingerprint density at radius 3 is 2.53 bits per heavy atom. The first-order chi connectivity index (χ1) is 9.06. The third-order valence-corrected chi connectivity index (χ3v) is 3.12. The van der Waals surface area contributed by atoms with Crippen LogP contribution in [0.1, 0.15) is 24.6 Å². The number of pyridine rings is 1. The number of rotatable bonds is 8. The molecule has 0 aromatic carbocycles. The van der Waals surface area contributed by atoms with E-state index in [-0.39, 0.29) is 0 Å². The average molecular weight is 264 g/mol. The van der Waals surface area contributed by atoms with Gasteiger partial charge in [0.2, 0.25) is 0 Å². The molecule has 0 unspecified atom stereocenters. The van der Waals surface area contributed by atoms with Gasteiger partial charge in [0.05, 0.1) is 0 Å².